The lowest BCUT2D eigenvalue weighted by atomic mass is 10.1. The van der Waals surface area contributed by atoms with Crippen molar-refractivity contribution in [2.24, 2.45) is 0 Å². The number of rotatable bonds is 2. The molecule has 10 heteroatoms. The molecule has 0 spiro atoms. The fourth-order valence-corrected chi connectivity index (χ4v) is 2.49. The first-order valence-corrected chi connectivity index (χ1v) is 6.84. The van der Waals surface area contributed by atoms with Gasteiger partial charge in [-0.15, -0.1) is 5.10 Å². The van der Waals surface area contributed by atoms with E-state index in [1.807, 2.05) is 0 Å². The Morgan fingerprint density at radius 1 is 1.39 bits per heavy atom. The number of benzene rings is 1. The van der Waals surface area contributed by atoms with E-state index >= 15 is 0 Å². The Hall–Kier alpha value is -2.10. The van der Waals surface area contributed by atoms with Crippen LogP contribution < -0.4 is 9.90 Å². The predicted molar refractivity (Wildman–Crippen MR) is 74.3 cm³/mol. The number of aromatic nitrogens is 2. The smallest absolute Gasteiger partial charge is 0.279 e. The minimum atomic E-state index is -4.48. The Bertz CT molecular complexity index is 762. The summed E-state index contributed by atoms with van der Waals surface area (Å²) in [5.74, 6) is -0.725. The molecule has 0 unspecified atom stereocenters. The molecule has 122 valence electrons. The Balaban J connectivity index is 2.01. The van der Waals surface area contributed by atoms with E-state index in [0.29, 0.717) is 10.6 Å². The molecule has 1 atom stereocenters. The van der Waals surface area contributed by atoms with Crippen LogP contribution in [0.3, 0.4) is 0 Å². The molecular weight excluding hydrogens is 337 g/mol. The quantitative estimate of drug-likeness (QED) is 0.646. The van der Waals surface area contributed by atoms with Gasteiger partial charge in [0.2, 0.25) is 0 Å². The van der Waals surface area contributed by atoms with Crippen molar-refractivity contribution in [3.8, 4) is 5.69 Å². The van der Waals surface area contributed by atoms with Crippen LogP contribution in [0.25, 0.3) is 5.69 Å². The minimum Gasteiger partial charge on any atom is -0.279 e. The van der Waals surface area contributed by atoms with E-state index in [1.54, 1.807) is 0 Å². The van der Waals surface area contributed by atoms with E-state index in [-0.39, 0.29) is 17.9 Å². The number of nitrogens with zero attached hydrogens (tertiary/aromatic N) is 3. The monoisotopic (exact) mass is 346 g/mol. The van der Waals surface area contributed by atoms with Gasteiger partial charge in [0.1, 0.15) is 6.04 Å². The van der Waals surface area contributed by atoms with Crippen LogP contribution in [0.4, 0.5) is 19.0 Å². The molecule has 1 aromatic carbocycles. The lowest BCUT2D eigenvalue weighted by Crippen LogP contribution is -2.47. The summed E-state index contributed by atoms with van der Waals surface area (Å²) in [5, 5.41) is 14.1. The zero-order valence-corrected chi connectivity index (χ0v) is 12.1. The molecule has 0 bridgehead atoms. The van der Waals surface area contributed by atoms with Crippen LogP contribution in [0.5, 0.6) is 0 Å². The van der Waals surface area contributed by atoms with Gasteiger partial charge in [0.25, 0.3) is 5.91 Å². The van der Waals surface area contributed by atoms with Crippen LogP contribution in [-0.2, 0) is 17.4 Å². The van der Waals surface area contributed by atoms with Crippen molar-refractivity contribution >= 4 is 23.5 Å². The largest absolute Gasteiger partial charge is 0.416 e. The molecule has 1 aliphatic heterocycles. The fourth-order valence-electron chi connectivity index (χ4n) is 2.32. The number of hydrogen-bond donors (Lipinski definition) is 2. The summed E-state index contributed by atoms with van der Waals surface area (Å²) in [4.78, 5) is 14.0. The number of carbonyl (C=O) groups excluding carboxylic acids is 1. The Labute approximate surface area is 133 Å². The number of alkyl halides is 3. The van der Waals surface area contributed by atoms with Crippen molar-refractivity contribution in [2.45, 2.75) is 18.6 Å². The standard InChI is InChI=1S/C13H10ClF3N4O2/c14-18-10-4-7-6-20(19-11(7)21(23)12(10)22)9-3-1-2-8(5-9)13(15,16)17/h1-3,5-6,10,18,23H,4H2/t10-/m0/s1. The number of hydrogen-bond acceptors (Lipinski definition) is 4. The third kappa shape index (κ3) is 2.78. The molecule has 3 rings (SSSR count). The predicted octanol–water partition coefficient (Wildman–Crippen LogP) is 2.28. The van der Waals surface area contributed by atoms with Gasteiger partial charge in [-0.25, -0.2) is 9.52 Å². The summed E-state index contributed by atoms with van der Waals surface area (Å²) >= 11 is 5.44. The molecule has 2 aromatic rings. The summed E-state index contributed by atoms with van der Waals surface area (Å²) in [7, 11) is 0. The zero-order chi connectivity index (χ0) is 16.8. The van der Waals surface area contributed by atoms with Gasteiger partial charge in [-0.2, -0.15) is 18.2 Å². The van der Waals surface area contributed by atoms with Crippen LogP contribution in [0, 0.1) is 0 Å². The number of carbonyl (C=O) groups is 1. The van der Waals surface area contributed by atoms with Crippen molar-refractivity contribution in [1.82, 2.24) is 14.6 Å². The molecule has 1 aromatic heterocycles. The lowest BCUT2D eigenvalue weighted by Gasteiger charge is -2.24. The molecule has 23 heavy (non-hydrogen) atoms. The fraction of sp³-hybridized carbons (Fsp3) is 0.231. The zero-order valence-electron chi connectivity index (χ0n) is 11.4. The average Bonchev–Trinajstić information content (AvgIpc) is 2.94. The molecule has 2 heterocycles. The van der Waals surface area contributed by atoms with Crippen molar-refractivity contribution < 1.29 is 23.2 Å². The molecule has 2 N–H and O–H groups in total. The first kappa shape index (κ1) is 15.8. The highest BCUT2D eigenvalue weighted by Crippen LogP contribution is 2.31. The normalized spacial score (nSPS) is 18.2. The van der Waals surface area contributed by atoms with Gasteiger partial charge in [-0.3, -0.25) is 10.0 Å². The van der Waals surface area contributed by atoms with Crippen molar-refractivity contribution in [1.29, 1.82) is 0 Å². The van der Waals surface area contributed by atoms with E-state index in [9.17, 15) is 23.2 Å². The highest BCUT2D eigenvalue weighted by molar-refractivity contribution is 6.16. The SMILES string of the molecule is O=C1[C@@H](NCl)Cc2cn(-c3cccc(C(F)(F)F)c3)nc2N1O. The Morgan fingerprint density at radius 2 is 2.13 bits per heavy atom. The summed E-state index contributed by atoms with van der Waals surface area (Å²) in [6.45, 7) is 0. The van der Waals surface area contributed by atoms with Crippen molar-refractivity contribution in [3.05, 3.63) is 41.6 Å². The summed E-state index contributed by atoms with van der Waals surface area (Å²) < 4.78 is 39.5. The maximum atomic E-state index is 12.8. The van der Waals surface area contributed by atoms with Gasteiger partial charge >= 0.3 is 6.18 Å². The van der Waals surface area contributed by atoms with Crippen LogP contribution in [0.1, 0.15) is 11.1 Å². The number of anilines is 1. The van der Waals surface area contributed by atoms with Gasteiger partial charge < -0.3 is 0 Å². The number of nitrogens with one attached hydrogen (secondary N) is 1. The van der Waals surface area contributed by atoms with Crippen molar-refractivity contribution in [3.63, 3.8) is 0 Å². The van der Waals surface area contributed by atoms with Gasteiger partial charge in [-0.05, 0) is 30.0 Å². The van der Waals surface area contributed by atoms with E-state index in [4.69, 9.17) is 11.8 Å². The molecule has 0 saturated carbocycles. The summed E-state index contributed by atoms with van der Waals surface area (Å²) in [6.07, 6.45) is -2.87. The number of fused-ring (bicyclic) bond motifs is 1. The number of halogens is 4. The second-order valence-corrected chi connectivity index (χ2v) is 5.20. The molecule has 6 nitrogen and oxygen atoms in total. The second-order valence-electron chi connectivity index (χ2n) is 4.99. The average molecular weight is 347 g/mol. The first-order valence-electron chi connectivity index (χ1n) is 6.46. The van der Waals surface area contributed by atoms with Crippen molar-refractivity contribution in [2.75, 3.05) is 5.06 Å². The third-order valence-electron chi connectivity index (χ3n) is 3.47. The van der Waals surface area contributed by atoms with Gasteiger partial charge in [0.05, 0.1) is 11.3 Å². The summed E-state index contributed by atoms with van der Waals surface area (Å²) in [5.41, 5.74) is -0.186. The van der Waals surface area contributed by atoms with Gasteiger partial charge in [-0.1, -0.05) is 6.07 Å². The number of amides is 1. The maximum absolute atomic E-state index is 12.8. The Kier molecular flexibility index (Phi) is 3.78. The van der Waals surface area contributed by atoms with Gasteiger partial charge in [0, 0.05) is 18.2 Å². The molecule has 1 aliphatic rings. The van der Waals surface area contributed by atoms with E-state index in [0.717, 1.165) is 12.1 Å². The number of hydroxylamine groups is 1. The third-order valence-corrected chi connectivity index (χ3v) is 3.73. The Morgan fingerprint density at radius 3 is 2.78 bits per heavy atom. The lowest BCUT2D eigenvalue weighted by molar-refractivity contribution is -0.137. The van der Waals surface area contributed by atoms with E-state index in [1.165, 1.54) is 23.0 Å². The highest BCUT2D eigenvalue weighted by Gasteiger charge is 2.35. The molecule has 1 amide bonds. The molecule has 0 radical (unpaired) electrons. The topological polar surface area (TPSA) is 70.4 Å². The van der Waals surface area contributed by atoms with E-state index < -0.39 is 23.7 Å². The van der Waals surface area contributed by atoms with Gasteiger partial charge in [0.15, 0.2) is 5.82 Å². The van der Waals surface area contributed by atoms with Crippen LogP contribution >= 0.6 is 11.8 Å². The van der Waals surface area contributed by atoms with E-state index in [2.05, 4.69) is 9.93 Å². The minimum absolute atomic E-state index is 0.0319. The highest BCUT2D eigenvalue weighted by atomic mass is 35.5. The summed E-state index contributed by atoms with van der Waals surface area (Å²) in [6, 6.07) is 3.73. The molecule has 0 fully saturated rings. The molecule has 0 saturated heterocycles. The van der Waals surface area contributed by atoms with Crippen LogP contribution in [0.15, 0.2) is 30.5 Å². The first-order chi connectivity index (χ1) is 10.8. The van der Waals surface area contributed by atoms with Crippen LogP contribution in [-0.4, -0.2) is 26.9 Å². The molecular formula is C13H10ClF3N4O2. The second kappa shape index (κ2) is 5.52. The van der Waals surface area contributed by atoms with Crippen LogP contribution in [0.2, 0.25) is 0 Å². The maximum Gasteiger partial charge on any atom is 0.416 e. The molecule has 0 aliphatic carbocycles.